The van der Waals surface area contributed by atoms with Crippen molar-refractivity contribution in [2.45, 2.75) is 32.1 Å². The van der Waals surface area contributed by atoms with E-state index in [0.717, 1.165) is 34.9 Å². The molecular weight excluding hydrogens is 320 g/mol. The van der Waals surface area contributed by atoms with E-state index in [2.05, 4.69) is 27.4 Å². The second kappa shape index (κ2) is 5.22. The van der Waals surface area contributed by atoms with Crippen molar-refractivity contribution in [3.8, 4) is 0 Å². The fraction of sp³-hybridized carbons (Fsp3) is 0.312. The molecular formula is C16H15BrOS. The fourth-order valence-electron chi connectivity index (χ4n) is 2.77. The van der Waals surface area contributed by atoms with Gasteiger partial charge in [0.25, 0.3) is 0 Å². The van der Waals surface area contributed by atoms with Gasteiger partial charge >= 0.3 is 0 Å². The van der Waals surface area contributed by atoms with Gasteiger partial charge in [0.2, 0.25) is 0 Å². The summed E-state index contributed by atoms with van der Waals surface area (Å²) in [6.07, 6.45) is 3.22. The molecule has 0 radical (unpaired) electrons. The molecule has 1 aliphatic carbocycles. The Morgan fingerprint density at radius 2 is 2.21 bits per heavy atom. The molecule has 1 aromatic carbocycles. The molecule has 0 spiro atoms. The second-order valence-corrected chi connectivity index (χ2v) is 6.95. The van der Waals surface area contributed by atoms with Crippen LogP contribution in [0, 0.1) is 6.92 Å². The predicted octanol–water partition coefficient (Wildman–Crippen LogP) is 5.12. The molecule has 1 nitrogen and oxygen atoms in total. The van der Waals surface area contributed by atoms with E-state index in [1.165, 1.54) is 10.4 Å². The van der Waals surface area contributed by atoms with Crippen LogP contribution in [0.2, 0.25) is 0 Å². The zero-order valence-electron chi connectivity index (χ0n) is 10.8. The third-order valence-corrected chi connectivity index (χ3v) is 5.44. The molecule has 19 heavy (non-hydrogen) atoms. The van der Waals surface area contributed by atoms with Crippen LogP contribution in [0.1, 0.15) is 45.1 Å². The van der Waals surface area contributed by atoms with Crippen molar-refractivity contribution in [2.75, 3.05) is 0 Å². The van der Waals surface area contributed by atoms with Crippen LogP contribution in [-0.2, 0) is 6.42 Å². The molecule has 1 unspecified atom stereocenters. The standard InChI is InChI=1S/C16H15BrOS/c1-10-5-6-14(17)13(9-10)16(18)12-3-2-4-15-11(12)7-8-19-15/h5-9,12H,2-4H2,1H3. The number of hydrogen-bond donors (Lipinski definition) is 0. The van der Waals surface area contributed by atoms with Gasteiger partial charge in [0.05, 0.1) is 0 Å². The first kappa shape index (κ1) is 13.1. The number of hydrogen-bond acceptors (Lipinski definition) is 2. The molecule has 0 amide bonds. The third-order valence-electron chi connectivity index (χ3n) is 3.76. The number of benzene rings is 1. The highest BCUT2D eigenvalue weighted by Crippen LogP contribution is 2.38. The van der Waals surface area contributed by atoms with Crippen LogP contribution in [0.5, 0.6) is 0 Å². The van der Waals surface area contributed by atoms with Gasteiger partial charge in [-0.15, -0.1) is 11.3 Å². The lowest BCUT2D eigenvalue weighted by atomic mass is 9.82. The van der Waals surface area contributed by atoms with Gasteiger partial charge in [-0.05, 0) is 55.3 Å². The Labute approximate surface area is 125 Å². The van der Waals surface area contributed by atoms with Gasteiger partial charge in [0.1, 0.15) is 0 Å². The van der Waals surface area contributed by atoms with E-state index in [1.807, 2.05) is 25.1 Å². The van der Waals surface area contributed by atoms with Gasteiger partial charge in [0.15, 0.2) is 5.78 Å². The Hall–Kier alpha value is -0.930. The molecule has 0 bridgehead atoms. The van der Waals surface area contributed by atoms with Crippen molar-refractivity contribution in [3.05, 3.63) is 55.7 Å². The lowest BCUT2D eigenvalue weighted by Crippen LogP contribution is -2.17. The Balaban J connectivity index is 2.00. The highest BCUT2D eigenvalue weighted by atomic mass is 79.9. The average molecular weight is 335 g/mol. The zero-order valence-corrected chi connectivity index (χ0v) is 13.2. The Morgan fingerprint density at radius 3 is 3.05 bits per heavy atom. The van der Waals surface area contributed by atoms with Crippen LogP contribution in [0.25, 0.3) is 0 Å². The summed E-state index contributed by atoms with van der Waals surface area (Å²) < 4.78 is 0.908. The van der Waals surface area contributed by atoms with Crippen LogP contribution in [0.3, 0.4) is 0 Å². The van der Waals surface area contributed by atoms with Crippen LogP contribution < -0.4 is 0 Å². The Kier molecular flexibility index (Phi) is 3.59. The SMILES string of the molecule is Cc1ccc(Br)c(C(=O)C2CCCc3sccc32)c1. The maximum absolute atomic E-state index is 12.8. The molecule has 3 rings (SSSR count). The number of carbonyl (C=O) groups excluding carboxylic acids is 1. The van der Waals surface area contributed by atoms with Gasteiger partial charge in [-0.1, -0.05) is 27.6 Å². The molecule has 1 heterocycles. The maximum atomic E-state index is 12.8. The third kappa shape index (κ3) is 2.41. The van der Waals surface area contributed by atoms with Gasteiger partial charge in [0, 0.05) is 20.8 Å². The van der Waals surface area contributed by atoms with Gasteiger partial charge in [-0.2, -0.15) is 0 Å². The molecule has 98 valence electrons. The minimum Gasteiger partial charge on any atom is -0.293 e. The normalized spacial score (nSPS) is 18.1. The highest BCUT2D eigenvalue weighted by Gasteiger charge is 2.28. The first-order valence-electron chi connectivity index (χ1n) is 6.53. The molecule has 0 aliphatic heterocycles. The number of carbonyl (C=O) groups is 1. The first-order valence-corrected chi connectivity index (χ1v) is 8.20. The van der Waals surface area contributed by atoms with E-state index in [0.29, 0.717) is 0 Å². The average Bonchev–Trinajstić information content (AvgIpc) is 2.89. The predicted molar refractivity (Wildman–Crippen MR) is 83.2 cm³/mol. The van der Waals surface area contributed by atoms with E-state index < -0.39 is 0 Å². The fourth-order valence-corrected chi connectivity index (χ4v) is 4.20. The summed E-state index contributed by atoms with van der Waals surface area (Å²) in [5.74, 6) is 0.308. The summed E-state index contributed by atoms with van der Waals surface area (Å²) in [5.41, 5.74) is 3.21. The number of fused-ring (bicyclic) bond motifs is 1. The number of Topliss-reactive ketones (excluding diaryl/α,β-unsaturated/α-hetero) is 1. The van der Waals surface area contributed by atoms with Crippen molar-refractivity contribution in [2.24, 2.45) is 0 Å². The molecule has 1 atom stereocenters. The van der Waals surface area contributed by atoms with E-state index in [4.69, 9.17) is 0 Å². The minimum absolute atomic E-state index is 0.0492. The van der Waals surface area contributed by atoms with Crippen molar-refractivity contribution in [3.63, 3.8) is 0 Å². The molecule has 0 saturated heterocycles. The molecule has 2 aromatic rings. The zero-order chi connectivity index (χ0) is 13.4. The van der Waals surface area contributed by atoms with Gasteiger partial charge in [-0.3, -0.25) is 4.79 Å². The molecule has 0 fully saturated rings. The van der Waals surface area contributed by atoms with Crippen LogP contribution in [0.15, 0.2) is 34.1 Å². The summed E-state index contributed by atoms with van der Waals surface area (Å²) in [6.45, 7) is 2.03. The Morgan fingerprint density at radius 1 is 1.37 bits per heavy atom. The van der Waals surface area contributed by atoms with E-state index in [1.54, 1.807) is 11.3 Å². The quantitative estimate of drug-likeness (QED) is 0.696. The minimum atomic E-state index is 0.0492. The van der Waals surface area contributed by atoms with Gasteiger partial charge < -0.3 is 0 Å². The number of ketones is 1. The van der Waals surface area contributed by atoms with Gasteiger partial charge in [-0.25, -0.2) is 0 Å². The number of aryl methyl sites for hydroxylation is 2. The maximum Gasteiger partial charge on any atom is 0.171 e. The van der Waals surface area contributed by atoms with Crippen molar-refractivity contribution in [1.82, 2.24) is 0 Å². The van der Waals surface area contributed by atoms with E-state index >= 15 is 0 Å². The number of rotatable bonds is 2. The summed E-state index contributed by atoms with van der Waals surface area (Å²) in [5, 5.41) is 2.11. The molecule has 0 saturated carbocycles. The smallest absolute Gasteiger partial charge is 0.171 e. The van der Waals surface area contributed by atoms with Crippen LogP contribution in [0.4, 0.5) is 0 Å². The van der Waals surface area contributed by atoms with Crippen molar-refractivity contribution >= 4 is 33.0 Å². The van der Waals surface area contributed by atoms with Crippen LogP contribution >= 0.6 is 27.3 Å². The largest absolute Gasteiger partial charge is 0.293 e. The molecule has 1 aliphatic rings. The van der Waals surface area contributed by atoms with E-state index in [-0.39, 0.29) is 11.7 Å². The second-order valence-electron chi connectivity index (χ2n) is 5.09. The molecule has 0 N–H and O–H groups in total. The Bertz CT molecular complexity index is 629. The molecule has 1 aromatic heterocycles. The van der Waals surface area contributed by atoms with Crippen LogP contribution in [-0.4, -0.2) is 5.78 Å². The van der Waals surface area contributed by atoms with Crippen molar-refractivity contribution < 1.29 is 4.79 Å². The first-order chi connectivity index (χ1) is 9.16. The topological polar surface area (TPSA) is 17.1 Å². The summed E-state index contributed by atoms with van der Waals surface area (Å²) in [7, 11) is 0. The molecule has 3 heteroatoms. The van der Waals surface area contributed by atoms with Crippen molar-refractivity contribution in [1.29, 1.82) is 0 Å². The summed E-state index contributed by atoms with van der Waals surface area (Å²) in [4.78, 5) is 14.2. The lowest BCUT2D eigenvalue weighted by molar-refractivity contribution is 0.0950. The number of thiophene rings is 1. The number of halogens is 1. The monoisotopic (exact) mass is 334 g/mol. The summed E-state index contributed by atoms with van der Waals surface area (Å²) in [6, 6.07) is 8.12. The summed E-state index contributed by atoms with van der Waals surface area (Å²) >= 11 is 5.30. The van der Waals surface area contributed by atoms with E-state index in [9.17, 15) is 4.79 Å². The highest BCUT2D eigenvalue weighted by molar-refractivity contribution is 9.10. The lowest BCUT2D eigenvalue weighted by Gasteiger charge is -2.22.